The van der Waals surface area contributed by atoms with Gasteiger partial charge in [0.25, 0.3) is 0 Å². The quantitative estimate of drug-likeness (QED) is 0.848. The smallest absolute Gasteiger partial charge is 0.0569 e. The Morgan fingerprint density at radius 3 is 2.47 bits per heavy atom. The highest BCUT2D eigenvalue weighted by molar-refractivity contribution is 5.04. The van der Waals surface area contributed by atoms with Crippen LogP contribution in [0.5, 0.6) is 0 Å². The summed E-state index contributed by atoms with van der Waals surface area (Å²) in [6.07, 6.45) is 5.57. The van der Waals surface area contributed by atoms with Gasteiger partial charge in [-0.05, 0) is 44.7 Å². The first-order chi connectivity index (χ1) is 9.15. The van der Waals surface area contributed by atoms with Crippen LogP contribution in [0.2, 0.25) is 0 Å². The van der Waals surface area contributed by atoms with E-state index in [9.17, 15) is 0 Å². The van der Waals surface area contributed by atoms with Crippen LogP contribution in [0.25, 0.3) is 0 Å². The minimum absolute atomic E-state index is 0.587. The van der Waals surface area contributed by atoms with Crippen LogP contribution >= 0.6 is 0 Å². The molecule has 1 saturated carbocycles. The van der Waals surface area contributed by atoms with Crippen molar-refractivity contribution in [2.24, 2.45) is 10.8 Å². The molecule has 112 valence electrons. The zero-order valence-electron chi connectivity index (χ0n) is 13.3. The fourth-order valence-corrected chi connectivity index (χ4v) is 3.90. The van der Waals surface area contributed by atoms with Gasteiger partial charge >= 0.3 is 0 Å². The number of hydrogen-bond donors (Lipinski definition) is 1. The fourth-order valence-electron chi connectivity index (χ4n) is 3.90. The van der Waals surface area contributed by atoms with E-state index in [0.29, 0.717) is 10.8 Å². The Kier molecular flexibility index (Phi) is 4.91. The minimum atomic E-state index is 0.587. The summed E-state index contributed by atoms with van der Waals surface area (Å²) >= 11 is 0. The maximum Gasteiger partial charge on any atom is 0.0569 e. The van der Waals surface area contributed by atoms with Gasteiger partial charge in [-0.15, -0.1) is 0 Å². The van der Waals surface area contributed by atoms with Crippen LogP contribution in [0.3, 0.4) is 0 Å². The lowest BCUT2D eigenvalue weighted by Crippen LogP contribution is -2.67. The first-order valence-electron chi connectivity index (χ1n) is 8.11. The van der Waals surface area contributed by atoms with Gasteiger partial charge in [-0.25, -0.2) is 0 Å². The van der Waals surface area contributed by atoms with Crippen molar-refractivity contribution >= 4 is 0 Å². The Hall–Kier alpha value is -0.120. The number of nitrogens with zero attached hydrogens (tertiary/aromatic N) is 1. The summed E-state index contributed by atoms with van der Waals surface area (Å²) in [6.45, 7) is 12.3. The number of ether oxygens (including phenoxy) is 1. The third-order valence-corrected chi connectivity index (χ3v) is 5.20. The molecule has 3 rings (SSSR count). The molecule has 0 bridgehead atoms. The van der Waals surface area contributed by atoms with Crippen LogP contribution in [0, 0.1) is 10.8 Å². The lowest BCUT2D eigenvalue weighted by atomic mass is 9.76. The van der Waals surface area contributed by atoms with Crippen LogP contribution in [0.15, 0.2) is 0 Å². The molecule has 19 heavy (non-hydrogen) atoms. The Morgan fingerprint density at radius 2 is 1.95 bits per heavy atom. The average molecular weight is 268 g/mol. The molecule has 2 atom stereocenters. The van der Waals surface area contributed by atoms with E-state index in [1.807, 2.05) is 13.8 Å². The first kappa shape index (κ1) is 15.3. The van der Waals surface area contributed by atoms with Crippen molar-refractivity contribution in [2.75, 3.05) is 39.9 Å². The van der Waals surface area contributed by atoms with Gasteiger partial charge in [-0.2, -0.15) is 0 Å². The summed E-state index contributed by atoms with van der Waals surface area (Å²) in [5.74, 6) is 0. The van der Waals surface area contributed by atoms with E-state index in [1.54, 1.807) is 0 Å². The molecule has 1 spiro atoms. The summed E-state index contributed by atoms with van der Waals surface area (Å²) in [7, 11) is 2.06. The molecule has 0 aromatic carbocycles. The summed E-state index contributed by atoms with van der Waals surface area (Å²) in [6, 6.07) is 0.864. The predicted molar refractivity (Wildman–Crippen MR) is 80.5 cm³/mol. The second-order valence-electron chi connectivity index (χ2n) is 6.96. The van der Waals surface area contributed by atoms with Gasteiger partial charge in [-0.3, -0.25) is 4.90 Å². The van der Waals surface area contributed by atoms with Crippen molar-refractivity contribution in [3.8, 4) is 0 Å². The molecule has 2 heterocycles. The van der Waals surface area contributed by atoms with Gasteiger partial charge in [0.05, 0.1) is 13.2 Å². The molecule has 3 fully saturated rings. The highest BCUT2D eigenvalue weighted by Crippen LogP contribution is 2.47. The van der Waals surface area contributed by atoms with Crippen molar-refractivity contribution < 1.29 is 4.74 Å². The lowest BCUT2D eigenvalue weighted by Gasteiger charge is -2.57. The highest BCUT2D eigenvalue weighted by Gasteiger charge is 2.52. The molecule has 2 aliphatic heterocycles. The van der Waals surface area contributed by atoms with E-state index in [1.165, 1.54) is 45.3 Å². The van der Waals surface area contributed by atoms with E-state index >= 15 is 0 Å². The Bertz CT molecular complexity index is 282. The molecule has 3 heteroatoms. The van der Waals surface area contributed by atoms with E-state index in [2.05, 4.69) is 24.2 Å². The topological polar surface area (TPSA) is 24.5 Å². The molecule has 0 radical (unpaired) electrons. The van der Waals surface area contributed by atoms with Crippen LogP contribution in [0.4, 0.5) is 0 Å². The molecule has 3 nitrogen and oxygen atoms in total. The predicted octanol–water partition coefficient (Wildman–Crippen LogP) is 2.51. The van der Waals surface area contributed by atoms with Crippen molar-refractivity contribution in [2.45, 2.75) is 52.5 Å². The maximum atomic E-state index is 5.35. The molecule has 0 amide bonds. The second kappa shape index (κ2) is 6.11. The van der Waals surface area contributed by atoms with Gasteiger partial charge in [0.15, 0.2) is 0 Å². The number of likely N-dealkylation sites (tertiary alicyclic amines) is 1. The van der Waals surface area contributed by atoms with Gasteiger partial charge < -0.3 is 10.1 Å². The molecular formula is C16H32N2O. The molecular weight excluding hydrogens is 236 g/mol. The summed E-state index contributed by atoms with van der Waals surface area (Å²) in [4.78, 5) is 2.72. The fraction of sp³-hybridized carbons (Fsp3) is 1.00. The van der Waals surface area contributed by atoms with E-state index in [4.69, 9.17) is 4.74 Å². The van der Waals surface area contributed by atoms with Gasteiger partial charge in [0, 0.05) is 24.5 Å². The zero-order valence-corrected chi connectivity index (χ0v) is 13.3. The summed E-state index contributed by atoms with van der Waals surface area (Å²) < 4.78 is 5.35. The van der Waals surface area contributed by atoms with Gasteiger partial charge in [-0.1, -0.05) is 20.8 Å². The van der Waals surface area contributed by atoms with Crippen LogP contribution in [-0.2, 0) is 4.74 Å². The second-order valence-corrected chi connectivity index (χ2v) is 6.96. The Balaban J connectivity index is 0.000000637. The van der Waals surface area contributed by atoms with Crippen molar-refractivity contribution in [1.82, 2.24) is 10.2 Å². The third kappa shape index (κ3) is 3.14. The maximum absolute atomic E-state index is 5.35. The molecule has 2 unspecified atom stereocenters. The molecule has 0 aromatic rings. The molecule has 3 aliphatic rings. The van der Waals surface area contributed by atoms with Crippen LogP contribution < -0.4 is 5.32 Å². The first-order valence-corrected chi connectivity index (χ1v) is 8.11. The third-order valence-electron chi connectivity index (χ3n) is 5.20. The minimum Gasteiger partial charge on any atom is -0.380 e. The standard InChI is InChI=1S/C14H26N2O.C2H6/c1-13(5-6-15-2)4-3-12(7-13)16-8-14(9-16)10-17-11-14;1-2/h12,15H,3-11H2,1-2H3;1-2H3. The SMILES string of the molecule is CC.CNCCC1(C)CCC(N2CC3(COC3)C2)C1. The number of hydrogen-bond acceptors (Lipinski definition) is 3. The van der Waals surface area contributed by atoms with Gasteiger partial charge in [0.1, 0.15) is 0 Å². The van der Waals surface area contributed by atoms with Crippen LogP contribution in [-0.4, -0.2) is 50.8 Å². The molecule has 1 aliphatic carbocycles. The van der Waals surface area contributed by atoms with Gasteiger partial charge in [0.2, 0.25) is 0 Å². The highest BCUT2D eigenvalue weighted by atomic mass is 16.5. The van der Waals surface area contributed by atoms with Crippen molar-refractivity contribution in [3.63, 3.8) is 0 Å². The van der Waals surface area contributed by atoms with Crippen molar-refractivity contribution in [1.29, 1.82) is 0 Å². The number of nitrogens with one attached hydrogen (secondary N) is 1. The molecule has 0 aromatic heterocycles. The van der Waals surface area contributed by atoms with Crippen LogP contribution in [0.1, 0.15) is 46.5 Å². The Labute approximate surface area is 119 Å². The van der Waals surface area contributed by atoms with E-state index < -0.39 is 0 Å². The zero-order chi connectivity index (χ0) is 13.9. The summed E-state index contributed by atoms with van der Waals surface area (Å²) in [5, 5.41) is 3.29. The van der Waals surface area contributed by atoms with E-state index in [0.717, 1.165) is 19.3 Å². The largest absolute Gasteiger partial charge is 0.380 e. The molecule has 2 saturated heterocycles. The van der Waals surface area contributed by atoms with Crippen molar-refractivity contribution in [3.05, 3.63) is 0 Å². The number of rotatable bonds is 4. The van der Waals surface area contributed by atoms with E-state index in [-0.39, 0.29) is 0 Å². The normalized spacial score (nSPS) is 36.3. The summed E-state index contributed by atoms with van der Waals surface area (Å²) in [5.41, 5.74) is 1.18. The average Bonchev–Trinajstić information content (AvgIpc) is 2.69. The Morgan fingerprint density at radius 1 is 1.26 bits per heavy atom. The monoisotopic (exact) mass is 268 g/mol. The molecule has 1 N–H and O–H groups in total. The lowest BCUT2D eigenvalue weighted by molar-refractivity contribution is -0.198.